The van der Waals surface area contributed by atoms with Crippen molar-refractivity contribution in [3.8, 4) is 0 Å². The summed E-state index contributed by atoms with van der Waals surface area (Å²) in [5.74, 6) is -1.40. The minimum atomic E-state index is -1.02. The van der Waals surface area contributed by atoms with Crippen LogP contribution in [0.4, 0.5) is 5.69 Å². The summed E-state index contributed by atoms with van der Waals surface area (Å²) in [5.41, 5.74) is 7.23. The molecule has 0 saturated heterocycles. The van der Waals surface area contributed by atoms with Gasteiger partial charge < -0.3 is 16.2 Å². The summed E-state index contributed by atoms with van der Waals surface area (Å²) in [5, 5.41) is 11.2. The van der Waals surface area contributed by atoms with Gasteiger partial charge in [-0.25, -0.2) is 4.79 Å². The van der Waals surface area contributed by atoms with Crippen molar-refractivity contribution in [3.05, 3.63) is 29.3 Å². The van der Waals surface area contributed by atoms with Crippen LogP contribution in [0.3, 0.4) is 0 Å². The van der Waals surface area contributed by atoms with Crippen molar-refractivity contribution >= 4 is 17.6 Å². The molecule has 1 aromatic rings. The van der Waals surface area contributed by atoms with Gasteiger partial charge in [-0.1, -0.05) is 6.07 Å². The van der Waals surface area contributed by atoms with E-state index in [1.807, 2.05) is 0 Å². The van der Waals surface area contributed by atoms with Crippen molar-refractivity contribution in [2.75, 3.05) is 5.73 Å². The number of fused-ring (bicyclic) bond motifs is 1. The summed E-state index contributed by atoms with van der Waals surface area (Å²) >= 11 is 0. The first kappa shape index (κ1) is 9.51. The highest BCUT2D eigenvalue weighted by atomic mass is 16.4. The number of nitrogens with one attached hydrogen (secondary N) is 1. The molecule has 0 aromatic heterocycles. The number of carbonyl (C=O) groups excluding carboxylic acids is 1. The monoisotopic (exact) mass is 206 g/mol. The fourth-order valence-corrected chi connectivity index (χ4v) is 1.64. The smallest absolute Gasteiger partial charge is 0.326 e. The van der Waals surface area contributed by atoms with Crippen molar-refractivity contribution in [2.45, 2.75) is 12.5 Å². The fraction of sp³-hybridized carbons (Fsp3) is 0.200. The van der Waals surface area contributed by atoms with E-state index in [1.165, 1.54) is 0 Å². The number of amides is 1. The van der Waals surface area contributed by atoms with Gasteiger partial charge in [0.25, 0.3) is 5.91 Å². The molecular formula is C10H10N2O3. The third-order valence-electron chi connectivity index (χ3n) is 2.41. The van der Waals surface area contributed by atoms with Gasteiger partial charge in [-0.15, -0.1) is 0 Å². The number of carboxylic acid groups (broad SMARTS) is 1. The predicted octanol–water partition coefficient (Wildman–Crippen LogP) is 0.00790. The molecule has 1 amide bonds. The highest BCUT2D eigenvalue weighted by Gasteiger charge is 2.28. The van der Waals surface area contributed by atoms with Crippen LogP contribution in [0.5, 0.6) is 0 Å². The van der Waals surface area contributed by atoms with Crippen molar-refractivity contribution in [1.29, 1.82) is 0 Å². The van der Waals surface area contributed by atoms with Crippen LogP contribution in [0, 0.1) is 0 Å². The van der Waals surface area contributed by atoms with Gasteiger partial charge in [0, 0.05) is 17.7 Å². The van der Waals surface area contributed by atoms with Gasteiger partial charge in [0.05, 0.1) is 0 Å². The molecule has 4 N–H and O–H groups in total. The van der Waals surface area contributed by atoms with Crippen LogP contribution in [-0.2, 0) is 11.2 Å². The number of nitrogens with two attached hydrogens (primary N) is 1. The molecule has 0 radical (unpaired) electrons. The predicted molar refractivity (Wildman–Crippen MR) is 53.4 cm³/mol. The van der Waals surface area contributed by atoms with E-state index in [4.69, 9.17) is 10.8 Å². The molecule has 0 spiro atoms. The van der Waals surface area contributed by atoms with Crippen LogP contribution >= 0.6 is 0 Å². The Kier molecular flexibility index (Phi) is 2.07. The van der Waals surface area contributed by atoms with E-state index in [1.54, 1.807) is 18.2 Å². The van der Waals surface area contributed by atoms with Gasteiger partial charge in [0.15, 0.2) is 0 Å². The maximum atomic E-state index is 11.5. The maximum Gasteiger partial charge on any atom is 0.326 e. The van der Waals surface area contributed by atoms with E-state index in [2.05, 4.69) is 5.32 Å². The van der Waals surface area contributed by atoms with Crippen molar-refractivity contribution in [1.82, 2.24) is 5.32 Å². The van der Waals surface area contributed by atoms with Crippen molar-refractivity contribution in [3.63, 3.8) is 0 Å². The SMILES string of the molecule is Nc1ccc2c(c1)C(=O)NC(C(=O)O)C2. The minimum absolute atomic E-state index is 0.302. The average Bonchev–Trinajstić information content (AvgIpc) is 2.18. The number of carboxylic acids is 1. The van der Waals surface area contributed by atoms with Crippen LogP contribution < -0.4 is 11.1 Å². The zero-order valence-corrected chi connectivity index (χ0v) is 7.86. The second kappa shape index (κ2) is 3.27. The van der Waals surface area contributed by atoms with Gasteiger partial charge in [-0.2, -0.15) is 0 Å². The van der Waals surface area contributed by atoms with Gasteiger partial charge in [-0.3, -0.25) is 4.79 Å². The largest absolute Gasteiger partial charge is 0.480 e. The topological polar surface area (TPSA) is 92.4 Å². The molecule has 0 aliphatic carbocycles. The summed E-state index contributed by atoms with van der Waals surface area (Å²) < 4.78 is 0. The maximum absolute atomic E-state index is 11.5. The first-order valence-electron chi connectivity index (χ1n) is 4.50. The Hall–Kier alpha value is -2.04. The number of benzene rings is 1. The Morgan fingerprint density at radius 1 is 1.53 bits per heavy atom. The third kappa shape index (κ3) is 1.63. The molecule has 0 bridgehead atoms. The van der Waals surface area contributed by atoms with Gasteiger partial charge >= 0.3 is 5.97 Å². The lowest BCUT2D eigenvalue weighted by molar-refractivity contribution is -0.139. The Bertz CT molecular complexity index is 442. The summed E-state index contributed by atoms with van der Waals surface area (Å²) in [6, 6.07) is 4.08. The lowest BCUT2D eigenvalue weighted by Gasteiger charge is -2.22. The highest BCUT2D eigenvalue weighted by molar-refractivity contribution is 6.00. The van der Waals surface area contributed by atoms with E-state index < -0.39 is 12.0 Å². The number of carbonyl (C=O) groups is 2. The quantitative estimate of drug-likeness (QED) is 0.564. The Morgan fingerprint density at radius 2 is 2.27 bits per heavy atom. The number of aliphatic carboxylic acids is 1. The van der Waals surface area contributed by atoms with Crippen LogP contribution in [0.15, 0.2) is 18.2 Å². The molecule has 5 nitrogen and oxygen atoms in total. The number of hydrogen-bond acceptors (Lipinski definition) is 3. The van der Waals surface area contributed by atoms with E-state index in [0.717, 1.165) is 5.56 Å². The molecule has 1 aromatic carbocycles. The number of hydrogen-bond donors (Lipinski definition) is 3. The third-order valence-corrected chi connectivity index (χ3v) is 2.41. The summed E-state index contributed by atoms with van der Waals surface area (Å²) in [4.78, 5) is 22.3. The van der Waals surface area contributed by atoms with E-state index in [9.17, 15) is 9.59 Å². The van der Waals surface area contributed by atoms with Gasteiger partial charge in [-0.05, 0) is 17.7 Å². The number of anilines is 1. The molecule has 0 saturated carbocycles. The average molecular weight is 206 g/mol. The first-order valence-corrected chi connectivity index (χ1v) is 4.50. The summed E-state index contributed by atoms with van der Waals surface area (Å²) in [7, 11) is 0. The van der Waals surface area contributed by atoms with Crippen LogP contribution in [0.25, 0.3) is 0 Å². The lowest BCUT2D eigenvalue weighted by Crippen LogP contribution is -2.46. The Morgan fingerprint density at radius 3 is 2.93 bits per heavy atom. The summed E-state index contributed by atoms with van der Waals surface area (Å²) in [6.07, 6.45) is 0.302. The number of rotatable bonds is 1. The molecule has 1 atom stereocenters. The van der Waals surface area contributed by atoms with Crippen molar-refractivity contribution in [2.24, 2.45) is 0 Å². The second-order valence-corrected chi connectivity index (χ2v) is 3.48. The van der Waals surface area contributed by atoms with Crippen LogP contribution in [0.1, 0.15) is 15.9 Å². The molecule has 78 valence electrons. The molecule has 1 heterocycles. The van der Waals surface area contributed by atoms with E-state index >= 15 is 0 Å². The molecule has 15 heavy (non-hydrogen) atoms. The molecule has 1 aliphatic rings. The number of nitrogen functional groups attached to an aromatic ring is 1. The lowest BCUT2D eigenvalue weighted by atomic mass is 9.95. The zero-order chi connectivity index (χ0) is 11.0. The fourth-order valence-electron chi connectivity index (χ4n) is 1.64. The van der Waals surface area contributed by atoms with Crippen molar-refractivity contribution < 1.29 is 14.7 Å². The molecule has 0 fully saturated rings. The molecule has 1 unspecified atom stereocenters. The Labute approximate surface area is 85.9 Å². The van der Waals surface area contributed by atoms with Crippen LogP contribution in [-0.4, -0.2) is 23.0 Å². The van der Waals surface area contributed by atoms with E-state index in [-0.39, 0.29) is 5.91 Å². The zero-order valence-electron chi connectivity index (χ0n) is 7.86. The molecular weight excluding hydrogens is 196 g/mol. The normalized spacial score (nSPS) is 19.2. The molecule has 5 heteroatoms. The summed E-state index contributed by atoms with van der Waals surface area (Å²) in [6.45, 7) is 0. The minimum Gasteiger partial charge on any atom is -0.480 e. The standard InChI is InChI=1S/C10H10N2O3/c11-6-2-1-5-3-8(10(14)15)12-9(13)7(5)4-6/h1-2,4,8H,3,11H2,(H,12,13)(H,14,15). The first-order chi connectivity index (χ1) is 7.08. The van der Waals surface area contributed by atoms with Crippen LogP contribution in [0.2, 0.25) is 0 Å². The molecule has 2 rings (SSSR count). The van der Waals surface area contributed by atoms with E-state index in [0.29, 0.717) is 17.7 Å². The Balaban J connectivity index is 2.41. The second-order valence-electron chi connectivity index (χ2n) is 3.48. The molecule has 1 aliphatic heterocycles. The highest BCUT2D eigenvalue weighted by Crippen LogP contribution is 2.19. The van der Waals surface area contributed by atoms with Gasteiger partial charge in [0.1, 0.15) is 6.04 Å². The van der Waals surface area contributed by atoms with Gasteiger partial charge in [0.2, 0.25) is 0 Å².